The molecule has 0 aliphatic heterocycles. The molecule has 2 aromatic rings. The number of aromatic nitrogens is 2. The van der Waals surface area contributed by atoms with Crippen LogP contribution in [0.4, 0.5) is 0 Å². The molecule has 84 valence electrons. The lowest BCUT2D eigenvalue weighted by atomic mass is 10.2. The van der Waals surface area contributed by atoms with Crippen LogP contribution in [0.1, 0.15) is 10.4 Å². The zero-order valence-corrected chi connectivity index (χ0v) is 9.13. The van der Waals surface area contributed by atoms with Gasteiger partial charge in [-0.1, -0.05) is 5.92 Å². The predicted octanol–water partition coefficient (Wildman–Crippen LogP) is 1.24. The van der Waals surface area contributed by atoms with Gasteiger partial charge >= 0.3 is 0 Å². The first-order valence-corrected chi connectivity index (χ1v) is 5.13. The van der Waals surface area contributed by atoms with Crippen molar-refractivity contribution in [1.82, 2.24) is 15.1 Å². The number of rotatable bonds is 3. The van der Waals surface area contributed by atoms with Gasteiger partial charge in [0.15, 0.2) is 0 Å². The third-order valence-electron chi connectivity index (χ3n) is 2.25. The quantitative estimate of drug-likeness (QED) is 0.799. The molecule has 1 heterocycles. The van der Waals surface area contributed by atoms with Gasteiger partial charge in [-0.2, -0.15) is 5.10 Å². The average Bonchev–Trinajstić information content (AvgIpc) is 2.90. The van der Waals surface area contributed by atoms with Crippen LogP contribution in [0.5, 0.6) is 0 Å². The number of terminal acetylenes is 1. The molecule has 1 N–H and O–H groups in total. The van der Waals surface area contributed by atoms with E-state index in [1.54, 1.807) is 23.0 Å². The lowest BCUT2D eigenvalue weighted by Gasteiger charge is -2.04. The second kappa shape index (κ2) is 4.99. The van der Waals surface area contributed by atoms with E-state index in [2.05, 4.69) is 16.3 Å². The Kier molecular flexibility index (Phi) is 3.22. The van der Waals surface area contributed by atoms with Crippen molar-refractivity contribution in [2.24, 2.45) is 0 Å². The third kappa shape index (κ3) is 2.52. The van der Waals surface area contributed by atoms with Gasteiger partial charge in [0.05, 0.1) is 12.2 Å². The van der Waals surface area contributed by atoms with Crippen molar-refractivity contribution in [1.29, 1.82) is 0 Å². The zero-order valence-electron chi connectivity index (χ0n) is 9.13. The molecule has 2 rings (SSSR count). The molecule has 0 saturated heterocycles. The Bertz CT molecular complexity index is 535. The molecule has 4 nitrogen and oxygen atoms in total. The Morgan fingerprint density at radius 1 is 1.41 bits per heavy atom. The van der Waals surface area contributed by atoms with E-state index in [4.69, 9.17) is 6.42 Å². The minimum atomic E-state index is -0.171. The van der Waals surface area contributed by atoms with Gasteiger partial charge in [0.1, 0.15) is 0 Å². The first-order chi connectivity index (χ1) is 8.31. The van der Waals surface area contributed by atoms with Crippen molar-refractivity contribution in [3.05, 3.63) is 48.3 Å². The summed E-state index contributed by atoms with van der Waals surface area (Å²) >= 11 is 0. The van der Waals surface area contributed by atoms with E-state index in [0.717, 1.165) is 5.69 Å². The van der Waals surface area contributed by atoms with E-state index < -0.39 is 0 Å². The molecule has 0 fully saturated rings. The summed E-state index contributed by atoms with van der Waals surface area (Å²) in [5.74, 6) is 2.18. The second-order valence-electron chi connectivity index (χ2n) is 3.38. The van der Waals surface area contributed by atoms with Crippen molar-refractivity contribution >= 4 is 5.91 Å². The summed E-state index contributed by atoms with van der Waals surface area (Å²) in [5.41, 5.74) is 1.49. The maximum atomic E-state index is 11.6. The summed E-state index contributed by atoms with van der Waals surface area (Å²) in [6, 6.07) is 8.98. The highest BCUT2D eigenvalue weighted by molar-refractivity contribution is 5.94. The van der Waals surface area contributed by atoms with E-state index >= 15 is 0 Å². The van der Waals surface area contributed by atoms with Crippen LogP contribution in [0.2, 0.25) is 0 Å². The second-order valence-corrected chi connectivity index (χ2v) is 3.38. The summed E-state index contributed by atoms with van der Waals surface area (Å²) in [5, 5.41) is 6.71. The highest BCUT2D eigenvalue weighted by Gasteiger charge is 2.04. The molecule has 0 saturated carbocycles. The van der Waals surface area contributed by atoms with Crippen molar-refractivity contribution in [2.45, 2.75) is 0 Å². The fourth-order valence-corrected chi connectivity index (χ4v) is 1.42. The Labute approximate surface area is 99.3 Å². The normalized spacial score (nSPS) is 9.59. The molecule has 1 amide bonds. The molecule has 0 radical (unpaired) electrons. The Morgan fingerprint density at radius 2 is 2.18 bits per heavy atom. The molecule has 0 unspecified atom stereocenters. The Morgan fingerprint density at radius 3 is 2.76 bits per heavy atom. The molecular weight excluding hydrogens is 214 g/mol. The molecule has 0 spiro atoms. The van der Waals surface area contributed by atoms with Crippen molar-refractivity contribution in [2.75, 3.05) is 6.54 Å². The van der Waals surface area contributed by atoms with Gasteiger partial charge in [0.2, 0.25) is 0 Å². The highest BCUT2D eigenvalue weighted by Crippen LogP contribution is 2.08. The molecule has 1 aromatic carbocycles. The van der Waals surface area contributed by atoms with E-state index in [0.29, 0.717) is 5.56 Å². The fourth-order valence-electron chi connectivity index (χ4n) is 1.42. The van der Waals surface area contributed by atoms with E-state index in [1.165, 1.54) is 0 Å². The molecular formula is C13H11N3O. The summed E-state index contributed by atoms with van der Waals surface area (Å²) in [7, 11) is 0. The number of nitrogens with zero attached hydrogens (tertiary/aromatic N) is 2. The van der Waals surface area contributed by atoms with E-state index in [1.807, 2.05) is 24.4 Å². The number of benzene rings is 1. The van der Waals surface area contributed by atoms with Gasteiger partial charge in [-0.3, -0.25) is 4.79 Å². The molecule has 0 atom stereocenters. The monoisotopic (exact) mass is 225 g/mol. The van der Waals surface area contributed by atoms with Crippen LogP contribution in [0.25, 0.3) is 5.69 Å². The average molecular weight is 225 g/mol. The highest BCUT2D eigenvalue weighted by atomic mass is 16.1. The van der Waals surface area contributed by atoms with Crippen molar-refractivity contribution < 1.29 is 4.79 Å². The zero-order chi connectivity index (χ0) is 12.1. The van der Waals surface area contributed by atoms with Crippen LogP contribution in [0.15, 0.2) is 42.7 Å². The van der Waals surface area contributed by atoms with E-state index in [-0.39, 0.29) is 12.5 Å². The SMILES string of the molecule is C#CCNC(=O)c1ccc(-n2cccn2)cc1. The van der Waals surface area contributed by atoms with Gasteiger partial charge in [0.25, 0.3) is 5.91 Å². The van der Waals surface area contributed by atoms with E-state index in [9.17, 15) is 4.79 Å². The Hall–Kier alpha value is -2.54. The minimum Gasteiger partial charge on any atom is -0.341 e. The van der Waals surface area contributed by atoms with Gasteiger partial charge < -0.3 is 5.32 Å². The first-order valence-electron chi connectivity index (χ1n) is 5.13. The molecule has 0 aliphatic rings. The molecule has 4 heteroatoms. The van der Waals surface area contributed by atoms with Gasteiger partial charge in [-0.15, -0.1) is 6.42 Å². The van der Waals surface area contributed by atoms with Gasteiger partial charge in [0, 0.05) is 18.0 Å². The van der Waals surface area contributed by atoms with Crippen LogP contribution < -0.4 is 5.32 Å². The summed E-state index contributed by atoms with van der Waals surface area (Å²) in [6.07, 6.45) is 8.61. The van der Waals surface area contributed by atoms with Crippen LogP contribution in [0, 0.1) is 12.3 Å². The largest absolute Gasteiger partial charge is 0.341 e. The number of hydrogen-bond donors (Lipinski definition) is 1. The van der Waals surface area contributed by atoms with Crippen LogP contribution in [-0.2, 0) is 0 Å². The van der Waals surface area contributed by atoms with Crippen LogP contribution in [-0.4, -0.2) is 22.2 Å². The van der Waals surface area contributed by atoms with Crippen LogP contribution >= 0.6 is 0 Å². The van der Waals surface area contributed by atoms with Gasteiger partial charge in [-0.05, 0) is 30.3 Å². The molecule has 0 aliphatic carbocycles. The maximum Gasteiger partial charge on any atom is 0.252 e. The molecule has 17 heavy (non-hydrogen) atoms. The van der Waals surface area contributed by atoms with Crippen LogP contribution in [0.3, 0.4) is 0 Å². The predicted molar refractivity (Wildman–Crippen MR) is 64.7 cm³/mol. The number of nitrogens with one attached hydrogen (secondary N) is 1. The lowest BCUT2D eigenvalue weighted by Crippen LogP contribution is -2.23. The lowest BCUT2D eigenvalue weighted by molar-refractivity contribution is 0.0958. The topological polar surface area (TPSA) is 46.9 Å². The Balaban J connectivity index is 2.14. The molecule has 0 bridgehead atoms. The number of carbonyl (C=O) groups is 1. The first kappa shape index (κ1) is 11.0. The molecule has 1 aromatic heterocycles. The standard InChI is InChI=1S/C13H11N3O/c1-2-8-14-13(17)11-4-6-12(7-5-11)16-10-3-9-15-16/h1,3-7,9-10H,8H2,(H,14,17). The smallest absolute Gasteiger partial charge is 0.252 e. The van der Waals surface area contributed by atoms with Gasteiger partial charge in [-0.25, -0.2) is 4.68 Å². The van der Waals surface area contributed by atoms with Crippen molar-refractivity contribution in [3.63, 3.8) is 0 Å². The maximum absolute atomic E-state index is 11.6. The minimum absolute atomic E-state index is 0.171. The number of hydrogen-bond acceptors (Lipinski definition) is 2. The third-order valence-corrected chi connectivity index (χ3v) is 2.25. The summed E-state index contributed by atoms with van der Waals surface area (Å²) < 4.78 is 1.73. The summed E-state index contributed by atoms with van der Waals surface area (Å²) in [6.45, 7) is 0.236. The number of carbonyl (C=O) groups excluding carboxylic acids is 1. The van der Waals surface area contributed by atoms with Crippen molar-refractivity contribution in [3.8, 4) is 18.0 Å². The fraction of sp³-hybridized carbons (Fsp3) is 0.0769. The summed E-state index contributed by atoms with van der Waals surface area (Å²) in [4.78, 5) is 11.6. The number of amides is 1.